The van der Waals surface area contributed by atoms with Gasteiger partial charge in [-0.05, 0) is 6.07 Å². The number of hydrogen-bond donors (Lipinski definition) is 0. The smallest absolute Gasteiger partial charge is 0.144 e. The zero-order valence-corrected chi connectivity index (χ0v) is 10.9. The molecule has 0 aliphatic carbocycles. The zero-order valence-electron chi connectivity index (χ0n) is 10.9. The lowest BCUT2D eigenvalue weighted by atomic mass is 10.2. The molecule has 1 nitrogen and oxygen atoms in total. The zero-order chi connectivity index (χ0) is 12.7. The lowest BCUT2D eigenvalue weighted by Gasteiger charge is -1.83. The average Bonchev–Trinajstić information content (AvgIpc) is 2.82. The van der Waals surface area contributed by atoms with Crippen LogP contribution in [0.1, 0.15) is 27.7 Å². The molecule has 0 unspecified atom stereocenters. The van der Waals surface area contributed by atoms with E-state index in [1.54, 1.807) is 0 Å². The van der Waals surface area contributed by atoms with E-state index in [0.717, 1.165) is 21.9 Å². The van der Waals surface area contributed by atoms with Crippen LogP contribution in [0.3, 0.4) is 0 Å². The van der Waals surface area contributed by atoms with Crippen LogP contribution in [0.15, 0.2) is 40.8 Å². The fourth-order valence-electron chi connectivity index (χ4n) is 1.56. The second kappa shape index (κ2) is 6.60. The van der Waals surface area contributed by atoms with Crippen molar-refractivity contribution in [3.8, 4) is 0 Å². The van der Waals surface area contributed by atoms with E-state index in [9.17, 15) is 0 Å². The largest absolute Gasteiger partial charge is 0.455 e. The van der Waals surface area contributed by atoms with Crippen molar-refractivity contribution in [2.24, 2.45) is 0 Å². The van der Waals surface area contributed by atoms with E-state index >= 15 is 0 Å². The third-order valence-electron chi connectivity index (χ3n) is 2.17. The van der Waals surface area contributed by atoms with E-state index in [1.807, 2.05) is 58.0 Å². The summed E-state index contributed by atoms with van der Waals surface area (Å²) in [6, 6.07) is 17.5. The summed E-state index contributed by atoms with van der Waals surface area (Å²) < 4.78 is 5.60. The van der Waals surface area contributed by atoms with Gasteiger partial charge in [-0.2, -0.15) is 0 Å². The van der Waals surface area contributed by atoms with Gasteiger partial charge >= 0.3 is 0 Å². The number of para-hydroxylation sites is 1. The summed E-state index contributed by atoms with van der Waals surface area (Å²) in [6.07, 6.45) is 0. The normalized spacial score (nSPS) is 8.71. The number of benzene rings is 1. The summed E-state index contributed by atoms with van der Waals surface area (Å²) in [4.78, 5) is 0. The van der Waals surface area contributed by atoms with Gasteiger partial charge in [0.15, 0.2) is 0 Å². The summed E-state index contributed by atoms with van der Waals surface area (Å²) in [5.74, 6) is 0. The van der Waals surface area contributed by atoms with Crippen molar-refractivity contribution in [3.05, 3.63) is 48.5 Å². The summed E-state index contributed by atoms with van der Waals surface area (Å²) in [7, 11) is 0. The van der Waals surface area contributed by atoms with Crippen LogP contribution < -0.4 is 0 Å². The predicted octanol–water partition coefficient (Wildman–Crippen LogP) is 5.24. The topological polar surface area (TPSA) is 13.1 Å². The molecule has 0 amide bonds. The molecule has 17 heavy (non-hydrogen) atoms. The maximum absolute atomic E-state index is 5.60. The molecule has 1 heterocycles. The van der Waals surface area contributed by atoms with Gasteiger partial charge < -0.3 is 4.42 Å². The fraction of sp³-hybridized carbons (Fsp3) is 0.250. The molecule has 0 spiro atoms. The van der Waals surface area contributed by atoms with Gasteiger partial charge in [-0.15, -0.1) is 0 Å². The van der Waals surface area contributed by atoms with Gasteiger partial charge in [0.1, 0.15) is 11.2 Å². The van der Waals surface area contributed by atoms with Crippen molar-refractivity contribution >= 4 is 21.9 Å². The van der Waals surface area contributed by atoms with E-state index in [-0.39, 0.29) is 0 Å². The van der Waals surface area contributed by atoms with Crippen molar-refractivity contribution in [1.82, 2.24) is 0 Å². The summed E-state index contributed by atoms with van der Waals surface area (Å²) in [5.41, 5.74) is 1.80. The van der Waals surface area contributed by atoms with Crippen molar-refractivity contribution in [2.75, 3.05) is 0 Å². The molecule has 3 rings (SSSR count). The molecule has 0 saturated carbocycles. The summed E-state index contributed by atoms with van der Waals surface area (Å²) in [5, 5.41) is 2.25. The van der Waals surface area contributed by atoms with Gasteiger partial charge in [0.25, 0.3) is 0 Å². The molecule has 0 N–H and O–H groups in total. The van der Waals surface area contributed by atoms with Crippen molar-refractivity contribution < 1.29 is 4.42 Å². The summed E-state index contributed by atoms with van der Waals surface area (Å²) >= 11 is 0. The molecule has 0 bridgehead atoms. The van der Waals surface area contributed by atoms with Gasteiger partial charge in [-0.1, -0.05) is 58.0 Å². The van der Waals surface area contributed by atoms with Crippen LogP contribution >= 0.6 is 0 Å². The monoisotopic (exact) mass is 226 g/mol. The third kappa shape index (κ3) is 2.60. The Morgan fingerprint density at radius 3 is 2.18 bits per heavy atom. The molecule has 0 fully saturated rings. The van der Waals surface area contributed by atoms with Crippen LogP contribution in [0.25, 0.3) is 21.9 Å². The highest BCUT2D eigenvalue weighted by Gasteiger charge is 2.02. The first-order valence-electron chi connectivity index (χ1n) is 6.14. The standard InChI is InChI=1S/C12H6O.2C2H6/c1-3-7-11-9(5-1)10-6-2-4-8-12(10)13-11;2*1-2/h1,3,5-8H;2*1-2H3. The van der Waals surface area contributed by atoms with Crippen molar-refractivity contribution in [1.29, 1.82) is 0 Å². The van der Waals surface area contributed by atoms with Gasteiger partial charge in [0, 0.05) is 22.9 Å². The molecule has 3 aromatic rings. The van der Waals surface area contributed by atoms with Gasteiger partial charge in [-0.3, -0.25) is 0 Å². The van der Waals surface area contributed by atoms with Crippen LogP contribution in [0.2, 0.25) is 0 Å². The second-order valence-electron chi connectivity index (χ2n) is 2.95. The highest BCUT2D eigenvalue weighted by molar-refractivity contribution is 6.04. The molecule has 0 radical (unpaired) electrons. The van der Waals surface area contributed by atoms with Crippen LogP contribution in [-0.2, 0) is 0 Å². The highest BCUT2D eigenvalue weighted by atomic mass is 16.3. The van der Waals surface area contributed by atoms with Gasteiger partial charge in [0.05, 0.1) is 0 Å². The van der Waals surface area contributed by atoms with E-state index < -0.39 is 0 Å². The maximum Gasteiger partial charge on any atom is 0.144 e. The molecule has 1 heteroatoms. The Balaban J connectivity index is 0.000000330. The first-order valence-corrected chi connectivity index (χ1v) is 6.14. The Morgan fingerprint density at radius 2 is 1.41 bits per heavy atom. The second-order valence-corrected chi connectivity index (χ2v) is 2.95. The quantitative estimate of drug-likeness (QED) is 0.511. The summed E-state index contributed by atoms with van der Waals surface area (Å²) in [6.45, 7) is 8.00. The lowest BCUT2D eigenvalue weighted by molar-refractivity contribution is 0.669. The van der Waals surface area contributed by atoms with E-state index in [4.69, 9.17) is 4.42 Å². The molecular formula is C16H18O. The Morgan fingerprint density at radius 1 is 0.765 bits per heavy atom. The minimum Gasteiger partial charge on any atom is -0.455 e. The van der Waals surface area contributed by atoms with E-state index in [1.165, 1.54) is 0 Å². The molecule has 2 aromatic carbocycles. The molecule has 0 aliphatic rings. The van der Waals surface area contributed by atoms with Crippen molar-refractivity contribution in [2.45, 2.75) is 27.7 Å². The molecular weight excluding hydrogens is 208 g/mol. The maximum atomic E-state index is 5.60. The molecule has 1 aromatic heterocycles. The third-order valence-corrected chi connectivity index (χ3v) is 2.17. The predicted molar refractivity (Wildman–Crippen MR) is 74.1 cm³/mol. The minimum absolute atomic E-state index is 0.875. The number of furan rings is 1. The van der Waals surface area contributed by atoms with Crippen molar-refractivity contribution in [3.63, 3.8) is 0 Å². The molecule has 0 atom stereocenters. The van der Waals surface area contributed by atoms with E-state index in [0.29, 0.717) is 0 Å². The van der Waals surface area contributed by atoms with E-state index in [2.05, 4.69) is 18.2 Å². The SMILES string of the molecule is CC.CC.c1cc2oc3ccccc3c2cc#1. The Labute approximate surface area is 103 Å². The van der Waals surface area contributed by atoms with Gasteiger partial charge in [0.2, 0.25) is 0 Å². The molecule has 0 aliphatic heterocycles. The lowest BCUT2D eigenvalue weighted by Crippen LogP contribution is -1.61. The van der Waals surface area contributed by atoms with Gasteiger partial charge in [-0.25, -0.2) is 0 Å². The molecule has 88 valence electrons. The Hall–Kier alpha value is -1.94. The Kier molecular flexibility index (Phi) is 5.10. The number of rotatable bonds is 0. The fourth-order valence-corrected chi connectivity index (χ4v) is 1.56. The van der Waals surface area contributed by atoms with Crippen LogP contribution in [-0.4, -0.2) is 0 Å². The Bertz CT molecular complexity index is 513. The van der Waals surface area contributed by atoms with Crippen LogP contribution in [0.4, 0.5) is 0 Å². The minimum atomic E-state index is 0.875. The average molecular weight is 226 g/mol. The first-order chi connectivity index (χ1) is 8.45. The van der Waals surface area contributed by atoms with Crippen LogP contribution in [0.5, 0.6) is 0 Å². The van der Waals surface area contributed by atoms with Crippen LogP contribution in [0, 0.1) is 12.1 Å². The number of fused-ring (bicyclic) bond motifs is 3. The number of hydrogen-bond acceptors (Lipinski definition) is 1. The first kappa shape index (κ1) is 13.1. The highest BCUT2D eigenvalue weighted by Crippen LogP contribution is 2.26. The molecule has 0 saturated heterocycles.